The van der Waals surface area contributed by atoms with Crippen LogP contribution in [0.3, 0.4) is 0 Å². The summed E-state index contributed by atoms with van der Waals surface area (Å²) in [6.45, 7) is 2.16. The zero-order chi connectivity index (χ0) is 21.0. The number of anilines is 2. The average Bonchev–Trinajstić information content (AvgIpc) is 3.11. The van der Waals surface area contributed by atoms with Crippen molar-refractivity contribution < 1.29 is 0 Å². The third-order valence-corrected chi connectivity index (χ3v) is 6.34. The first-order chi connectivity index (χ1) is 15.1. The van der Waals surface area contributed by atoms with E-state index >= 15 is 0 Å². The van der Waals surface area contributed by atoms with Crippen molar-refractivity contribution in [2.24, 2.45) is 0 Å². The average molecular weight is 416 g/mol. The molecule has 1 saturated heterocycles. The molecular formula is C21H24N10. The summed E-state index contributed by atoms with van der Waals surface area (Å²) in [5.74, 6) is 1.23. The fourth-order valence-corrected chi connectivity index (χ4v) is 4.49. The van der Waals surface area contributed by atoms with E-state index in [1.54, 1.807) is 4.52 Å². The summed E-state index contributed by atoms with van der Waals surface area (Å²) in [6, 6.07) is 6.42. The van der Waals surface area contributed by atoms with Gasteiger partial charge in [-0.25, -0.2) is 9.94 Å². The summed E-state index contributed by atoms with van der Waals surface area (Å²) in [7, 11) is 1.95. The van der Waals surface area contributed by atoms with Gasteiger partial charge in [0.15, 0.2) is 5.65 Å². The molecule has 0 bridgehead atoms. The van der Waals surface area contributed by atoms with Gasteiger partial charge in [-0.15, -0.1) is 5.10 Å². The Morgan fingerprint density at radius 3 is 2.97 bits per heavy atom. The minimum absolute atomic E-state index is 0.291. The normalized spacial score (nSPS) is 19.9. The van der Waals surface area contributed by atoms with Crippen molar-refractivity contribution in [2.45, 2.75) is 30.7 Å². The van der Waals surface area contributed by atoms with Gasteiger partial charge in [0, 0.05) is 38.7 Å². The van der Waals surface area contributed by atoms with Crippen LogP contribution < -0.4 is 15.6 Å². The minimum Gasteiger partial charge on any atom is -0.363 e. The van der Waals surface area contributed by atoms with E-state index in [9.17, 15) is 5.26 Å². The number of nitrogens with one attached hydrogen (secondary N) is 2. The van der Waals surface area contributed by atoms with Crippen molar-refractivity contribution in [3.05, 3.63) is 48.2 Å². The molecule has 0 spiro atoms. The number of nitrogens with zero attached hydrogens (tertiary/aromatic N) is 8. The van der Waals surface area contributed by atoms with Crippen molar-refractivity contribution in [2.75, 3.05) is 36.9 Å². The maximum atomic E-state index is 9.48. The molecule has 158 valence electrons. The van der Waals surface area contributed by atoms with Crippen molar-refractivity contribution in [1.29, 1.82) is 5.26 Å². The first-order valence-electron chi connectivity index (χ1n) is 10.6. The van der Waals surface area contributed by atoms with E-state index in [0.29, 0.717) is 24.8 Å². The van der Waals surface area contributed by atoms with Crippen LogP contribution in [-0.2, 0) is 5.54 Å². The predicted molar refractivity (Wildman–Crippen MR) is 115 cm³/mol. The summed E-state index contributed by atoms with van der Waals surface area (Å²) >= 11 is 0. The summed E-state index contributed by atoms with van der Waals surface area (Å²) in [5.41, 5.74) is 7.03. The standard InChI is InChI=1S/C21H24N10/c1-28-12-17(10-23-28)25-20-26-19-18(3-2-8-30(19)27-20)29-13-21(14-29,6-7-22)31-11-16(9-24-31)15-4-5-15/h2-3,8-9,11-12,15,23H,4-6,10,13-14H2,1H3,(H,25,27). The molecule has 1 aliphatic carbocycles. The van der Waals surface area contributed by atoms with E-state index in [2.05, 4.69) is 44.2 Å². The molecular weight excluding hydrogens is 392 g/mol. The monoisotopic (exact) mass is 416 g/mol. The number of hydrogen-bond acceptors (Lipinski definition) is 8. The molecule has 3 aromatic heterocycles. The van der Waals surface area contributed by atoms with E-state index in [4.69, 9.17) is 4.98 Å². The van der Waals surface area contributed by atoms with Crippen LogP contribution >= 0.6 is 0 Å². The smallest absolute Gasteiger partial charge is 0.247 e. The lowest BCUT2D eigenvalue weighted by Gasteiger charge is -2.50. The Bertz CT molecular complexity index is 1200. The zero-order valence-corrected chi connectivity index (χ0v) is 17.4. The Labute approximate surface area is 179 Å². The maximum absolute atomic E-state index is 9.48. The zero-order valence-electron chi connectivity index (χ0n) is 17.4. The van der Waals surface area contributed by atoms with Gasteiger partial charge >= 0.3 is 0 Å². The van der Waals surface area contributed by atoms with Gasteiger partial charge in [-0.05, 0) is 36.5 Å². The quantitative estimate of drug-likeness (QED) is 0.625. The molecule has 5 heterocycles. The first-order valence-corrected chi connectivity index (χ1v) is 10.6. The van der Waals surface area contributed by atoms with Crippen LogP contribution in [0.4, 0.5) is 11.6 Å². The summed E-state index contributed by atoms with van der Waals surface area (Å²) in [6.07, 6.45) is 10.9. The molecule has 0 aromatic carbocycles. The highest BCUT2D eigenvalue weighted by Gasteiger charge is 2.46. The summed E-state index contributed by atoms with van der Waals surface area (Å²) in [5, 5.41) is 23.9. The van der Waals surface area contributed by atoms with Crippen molar-refractivity contribution in [1.82, 2.24) is 34.8 Å². The third-order valence-electron chi connectivity index (χ3n) is 6.34. The molecule has 0 amide bonds. The molecule has 3 aromatic rings. The van der Waals surface area contributed by atoms with Crippen molar-refractivity contribution >= 4 is 17.3 Å². The molecule has 0 unspecified atom stereocenters. The summed E-state index contributed by atoms with van der Waals surface area (Å²) in [4.78, 5) is 6.99. The number of hydrazine groups is 1. The predicted octanol–water partition coefficient (Wildman–Crippen LogP) is 1.64. The minimum atomic E-state index is -0.291. The third kappa shape index (κ3) is 3.09. The Kier molecular flexibility index (Phi) is 3.94. The molecule has 0 atom stereocenters. The molecule has 2 aliphatic heterocycles. The van der Waals surface area contributed by atoms with E-state index in [-0.39, 0.29) is 5.54 Å². The van der Waals surface area contributed by atoms with Crippen LogP contribution in [0.15, 0.2) is 42.6 Å². The van der Waals surface area contributed by atoms with Crippen LogP contribution in [0.2, 0.25) is 0 Å². The summed E-state index contributed by atoms with van der Waals surface area (Å²) < 4.78 is 3.82. The van der Waals surface area contributed by atoms with Gasteiger partial charge in [-0.1, -0.05) is 0 Å². The van der Waals surface area contributed by atoms with Crippen LogP contribution in [-0.4, -0.2) is 56.1 Å². The van der Waals surface area contributed by atoms with Crippen LogP contribution in [0.1, 0.15) is 30.7 Å². The molecule has 1 saturated carbocycles. The number of pyridine rings is 1. The number of aromatic nitrogens is 5. The van der Waals surface area contributed by atoms with Gasteiger partial charge < -0.3 is 15.2 Å². The lowest BCUT2D eigenvalue weighted by Crippen LogP contribution is -2.63. The van der Waals surface area contributed by atoms with Crippen LogP contribution in [0, 0.1) is 11.3 Å². The van der Waals surface area contributed by atoms with Crippen molar-refractivity contribution in [3.8, 4) is 6.07 Å². The second-order valence-electron chi connectivity index (χ2n) is 8.73. The van der Waals surface area contributed by atoms with Gasteiger partial charge in [-0.3, -0.25) is 4.68 Å². The molecule has 2 N–H and O–H groups in total. The van der Waals surface area contributed by atoms with Gasteiger partial charge in [-0.2, -0.15) is 15.3 Å². The van der Waals surface area contributed by atoms with Crippen LogP contribution in [0.5, 0.6) is 0 Å². The van der Waals surface area contributed by atoms with Gasteiger partial charge in [0.25, 0.3) is 0 Å². The molecule has 6 rings (SSSR count). The Morgan fingerprint density at radius 2 is 2.23 bits per heavy atom. The number of hydrogen-bond donors (Lipinski definition) is 2. The lowest BCUT2D eigenvalue weighted by atomic mass is 9.86. The number of rotatable bonds is 6. The first kappa shape index (κ1) is 18.2. The fourth-order valence-electron chi connectivity index (χ4n) is 4.49. The molecule has 0 radical (unpaired) electrons. The van der Waals surface area contributed by atoms with E-state index < -0.39 is 0 Å². The molecule has 3 aliphatic rings. The maximum Gasteiger partial charge on any atom is 0.247 e. The second kappa shape index (κ2) is 6.72. The van der Waals surface area contributed by atoms with E-state index in [0.717, 1.165) is 30.1 Å². The second-order valence-corrected chi connectivity index (χ2v) is 8.73. The number of fused-ring (bicyclic) bond motifs is 1. The van der Waals surface area contributed by atoms with Crippen LogP contribution in [0.25, 0.3) is 5.65 Å². The van der Waals surface area contributed by atoms with E-state index in [1.165, 1.54) is 18.4 Å². The fraction of sp³-hybridized carbons (Fsp3) is 0.429. The molecule has 2 fully saturated rings. The Balaban J connectivity index is 1.25. The molecule has 31 heavy (non-hydrogen) atoms. The lowest BCUT2D eigenvalue weighted by molar-refractivity contribution is 0.198. The van der Waals surface area contributed by atoms with E-state index in [1.807, 2.05) is 41.4 Å². The largest absolute Gasteiger partial charge is 0.363 e. The van der Waals surface area contributed by atoms with Gasteiger partial charge in [0.1, 0.15) is 5.54 Å². The van der Waals surface area contributed by atoms with Crippen molar-refractivity contribution in [3.63, 3.8) is 0 Å². The highest BCUT2D eigenvalue weighted by molar-refractivity contribution is 5.71. The van der Waals surface area contributed by atoms with Gasteiger partial charge in [0.2, 0.25) is 5.95 Å². The van der Waals surface area contributed by atoms with Gasteiger partial charge in [0.05, 0.1) is 36.6 Å². The highest BCUT2D eigenvalue weighted by atomic mass is 15.5. The molecule has 10 nitrogen and oxygen atoms in total. The SMILES string of the molecule is CN1C=C(Nc2nc3c(N4CC(CC#N)(n5cc(C6CC6)cn5)C4)cccn3n2)CN1. The topological polar surface area (TPSA) is 102 Å². The number of nitriles is 1. The Hall–Kier alpha value is -3.58. The molecule has 10 heteroatoms. The highest BCUT2D eigenvalue weighted by Crippen LogP contribution is 2.42. The Morgan fingerprint density at radius 1 is 1.35 bits per heavy atom.